The summed E-state index contributed by atoms with van der Waals surface area (Å²) in [5.41, 5.74) is 5.39. The topological polar surface area (TPSA) is 92.9 Å². The molecule has 2 rings (SSSR count). The molecule has 0 aromatic carbocycles. The molecule has 0 radical (unpaired) electrons. The Morgan fingerprint density at radius 3 is 2.00 bits per heavy atom. The number of carboxylic acid groups (broad SMARTS) is 1. The molecule has 6 nitrogen and oxygen atoms in total. The highest BCUT2D eigenvalue weighted by atomic mass is 16.6. The molecular weight excluding hydrogens is 236 g/mol. The first-order valence-corrected chi connectivity index (χ1v) is 6.05. The zero-order chi connectivity index (χ0) is 14.1. The first-order valence-electron chi connectivity index (χ1n) is 6.05. The number of fused-ring (bicyclic) bond motifs is 1. The number of nitrogens with zero attached hydrogens (tertiary/aromatic N) is 1. The normalized spacial score (nSPS) is 28.9. The van der Waals surface area contributed by atoms with Gasteiger partial charge in [0.25, 0.3) is 5.97 Å². The number of carbonyl (C=O) groups excluding carboxylic acids is 1. The molecule has 104 valence electrons. The van der Waals surface area contributed by atoms with E-state index in [-0.39, 0.29) is 6.09 Å². The maximum absolute atomic E-state index is 11.6. The number of ether oxygens (including phenoxy) is 1. The minimum atomic E-state index is -0.833. The Kier molecular flexibility index (Phi) is 4.21. The Balaban J connectivity index is 0.000000357. The molecule has 0 bridgehead atoms. The Hall–Kier alpha value is -1.30. The van der Waals surface area contributed by atoms with Crippen LogP contribution >= 0.6 is 0 Å². The maximum atomic E-state index is 11.6. The maximum Gasteiger partial charge on any atom is 0.410 e. The minimum absolute atomic E-state index is 0.197. The van der Waals surface area contributed by atoms with Crippen LogP contribution in [0.4, 0.5) is 4.79 Å². The van der Waals surface area contributed by atoms with Crippen LogP contribution in [0.1, 0.15) is 27.7 Å². The first kappa shape index (κ1) is 14.8. The number of hydrogen-bond acceptors (Lipinski definition) is 4. The van der Waals surface area contributed by atoms with E-state index < -0.39 is 11.6 Å². The van der Waals surface area contributed by atoms with Gasteiger partial charge in [-0.1, -0.05) is 0 Å². The van der Waals surface area contributed by atoms with Crippen LogP contribution in [-0.2, 0) is 9.53 Å². The van der Waals surface area contributed by atoms with Crippen molar-refractivity contribution >= 4 is 12.1 Å². The standard InChI is InChI=1S/C10H18N2O2.C2H4O2/c1-10(2,3)14-9(13)12-4-6-7(5-12)8(6)11;1-2(3)4/h6-8H,4-5,11H2,1-3H3;1H3,(H,3,4)/t6-,7+,8?;. The van der Waals surface area contributed by atoms with Crippen LogP contribution in [0.5, 0.6) is 0 Å². The monoisotopic (exact) mass is 258 g/mol. The first-order chi connectivity index (χ1) is 8.11. The third-order valence-electron chi connectivity index (χ3n) is 2.91. The van der Waals surface area contributed by atoms with Crippen LogP contribution in [0.3, 0.4) is 0 Å². The molecule has 18 heavy (non-hydrogen) atoms. The number of piperidine rings is 1. The van der Waals surface area contributed by atoms with E-state index in [2.05, 4.69) is 0 Å². The zero-order valence-electron chi connectivity index (χ0n) is 11.3. The molecule has 0 aromatic heterocycles. The van der Waals surface area contributed by atoms with Crippen LogP contribution in [-0.4, -0.2) is 46.8 Å². The van der Waals surface area contributed by atoms with Gasteiger partial charge < -0.3 is 20.5 Å². The minimum Gasteiger partial charge on any atom is -0.481 e. The van der Waals surface area contributed by atoms with E-state index in [1.54, 1.807) is 4.90 Å². The van der Waals surface area contributed by atoms with E-state index in [1.807, 2.05) is 20.8 Å². The highest BCUT2D eigenvalue weighted by Crippen LogP contribution is 2.43. The van der Waals surface area contributed by atoms with Crippen LogP contribution in [0, 0.1) is 11.8 Å². The third kappa shape index (κ3) is 4.18. The summed E-state index contributed by atoms with van der Waals surface area (Å²) in [5.74, 6) is 0.227. The summed E-state index contributed by atoms with van der Waals surface area (Å²) in [6, 6.07) is 0.327. The predicted octanol–water partition coefficient (Wildman–Crippen LogP) is 0.901. The number of nitrogens with two attached hydrogens (primary N) is 1. The molecule has 1 amide bonds. The number of carbonyl (C=O) groups is 2. The number of amides is 1. The van der Waals surface area contributed by atoms with E-state index in [0.717, 1.165) is 20.0 Å². The van der Waals surface area contributed by atoms with Crippen LogP contribution in [0.15, 0.2) is 0 Å². The summed E-state index contributed by atoms with van der Waals surface area (Å²) in [4.78, 5) is 22.4. The fourth-order valence-electron chi connectivity index (χ4n) is 2.05. The zero-order valence-corrected chi connectivity index (χ0v) is 11.3. The molecule has 2 aliphatic rings. The van der Waals surface area contributed by atoms with Crippen LogP contribution < -0.4 is 5.73 Å². The van der Waals surface area contributed by atoms with Crippen molar-refractivity contribution in [2.45, 2.75) is 39.3 Å². The Bertz CT molecular complexity index is 321. The number of hydrogen-bond donors (Lipinski definition) is 2. The van der Waals surface area contributed by atoms with E-state index in [1.165, 1.54) is 0 Å². The second-order valence-electron chi connectivity index (χ2n) is 5.81. The molecule has 0 spiro atoms. The van der Waals surface area contributed by atoms with Crippen molar-refractivity contribution in [3.63, 3.8) is 0 Å². The fourth-order valence-corrected chi connectivity index (χ4v) is 2.05. The second kappa shape index (κ2) is 5.14. The average molecular weight is 258 g/mol. The molecule has 6 heteroatoms. The molecule has 1 saturated heterocycles. The Morgan fingerprint density at radius 2 is 1.67 bits per heavy atom. The molecule has 1 aliphatic carbocycles. The van der Waals surface area contributed by atoms with Gasteiger partial charge >= 0.3 is 6.09 Å². The molecule has 1 aliphatic heterocycles. The van der Waals surface area contributed by atoms with Gasteiger partial charge in [0.15, 0.2) is 0 Å². The van der Waals surface area contributed by atoms with Crippen molar-refractivity contribution in [2.75, 3.05) is 13.1 Å². The lowest BCUT2D eigenvalue weighted by molar-refractivity contribution is -0.134. The van der Waals surface area contributed by atoms with Gasteiger partial charge in [-0.3, -0.25) is 4.79 Å². The summed E-state index contributed by atoms with van der Waals surface area (Å²) < 4.78 is 5.27. The molecule has 3 atom stereocenters. The lowest BCUT2D eigenvalue weighted by Gasteiger charge is -2.25. The number of aliphatic carboxylic acids is 1. The molecule has 3 N–H and O–H groups in total. The van der Waals surface area contributed by atoms with Crippen molar-refractivity contribution in [1.29, 1.82) is 0 Å². The summed E-state index contributed by atoms with van der Waals surface area (Å²) in [5, 5.41) is 7.42. The number of rotatable bonds is 0. The van der Waals surface area contributed by atoms with E-state index >= 15 is 0 Å². The lowest BCUT2D eigenvalue weighted by Crippen LogP contribution is -2.38. The van der Waals surface area contributed by atoms with Gasteiger partial charge in [-0.25, -0.2) is 4.79 Å². The van der Waals surface area contributed by atoms with Crippen molar-refractivity contribution < 1.29 is 19.4 Å². The summed E-state index contributed by atoms with van der Waals surface area (Å²) >= 11 is 0. The average Bonchev–Trinajstić information content (AvgIpc) is 2.60. The summed E-state index contributed by atoms with van der Waals surface area (Å²) in [6.45, 7) is 8.29. The highest BCUT2D eigenvalue weighted by molar-refractivity contribution is 5.69. The Labute approximate surface area is 107 Å². The molecule has 1 unspecified atom stereocenters. The summed E-state index contributed by atoms with van der Waals surface area (Å²) in [6.07, 6.45) is -0.197. The molecular formula is C12H22N2O4. The molecule has 2 fully saturated rings. The van der Waals surface area contributed by atoms with Gasteiger partial charge in [-0.15, -0.1) is 0 Å². The fraction of sp³-hybridized carbons (Fsp3) is 0.833. The lowest BCUT2D eigenvalue weighted by atomic mass is 10.2. The van der Waals surface area contributed by atoms with Crippen molar-refractivity contribution in [1.82, 2.24) is 4.90 Å². The van der Waals surface area contributed by atoms with Crippen LogP contribution in [0.25, 0.3) is 0 Å². The molecule has 0 aromatic rings. The van der Waals surface area contributed by atoms with Gasteiger partial charge in [0.2, 0.25) is 0 Å². The highest BCUT2D eigenvalue weighted by Gasteiger charge is 2.55. The quantitative estimate of drug-likeness (QED) is 0.673. The van der Waals surface area contributed by atoms with Crippen molar-refractivity contribution in [2.24, 2.45) is 17.6 Å². The van der Waals surface area contributed by atoms with Gasteiger partial charge in [-0.05, 0) is 32.6 Å². The Morgan fingerprint density at radius 1 is 1.28 bits per heavy atom. The van der Waals surface area contributed by atoms with E-state index in [4.69, 9.17) is 20.4 Å². The van der Waals surface area contributed by atoms with Crippen molar-refractivity contribution in [3.05, 3.63) is 0 Å². The van der Waals surface area contributed by atoms with Crippen molar-refractivity contribution in [3.8, 4) is 0 Å². The summed E-state index contributed by atoms with van der Waals surface area (Å²) in [7, 11) is 0. The third-order valence-corrected chi connectivity index (χ3v) is 2.91. The predicted molar refractivity (Wildman–Crippen MR) is 66.1 cm³/mol. The van der Waals surface area contributed by atoms with E-state index in [9.17, 15) is 4.79 Å². The van der Waals surface area contributed by atoms with Gasteiger partial charge in [0.05, 0.1) is 0 Å². The largest absolute Gasteiger partial charge is 0.481 e. The van der Waals surface area contributed by atoms with Gasteiger partial charge in [0.1, 0.15) is 5.60 Å². The van der Waals surface area contributed by atoms with Crippen LogP contribution in [0.2, 0.25) is 0 Å². The molecule has 1 saturated carbocycles. The van der Waals surface area contributed by atoms with Gasteiger partial charge in [-0.2, -0.15) is 0 Å². The smallest absolute Gasteiger partial charge is 0.410 e. The number of carboxylic acids is 1. The molecule has 1 heterocycles. The second-order valence-corrected chi connectivity index (χ2v) is 5.81. The SMILES string of the molecule is CC(=O)O.CC(C)(C)OC(=O)N1C[C@@H]2C(N)[C@@H]2C1. The van der Waals surface area contributed by atoms with Gasteiger partial charge in [0, 0.05) is 26.1 Å². The number of likely N-dealkylation sites (tertiary alicyclic amines) is 1. The van der Waals surface area contributed by atoms with E-state index in [0.29, 0.717) is 17.9 Å².